The van der Waals surface area contributed by atoms with E-state index in [1.807, 2.05) is 0 Å². The van der Waals surface area contributed by atoms with E-state index in [2.05, 4.69) is 20.9 Å². The van der Waals surface area contributed by atoms with Gasteiger partial charge < -0.3 is 20.3 Å². The van der Waals surface area contributed by atoms with Crippen molar-refractivity contribution in [3.63, 3.8) is 0 Å². The number of halogens is 1. The molecule has 8 heteroatoms. The highest BCUT2D eigenvalue weighted by Gasteiger charge is 2.16. The van der Waals surface area contributed by atoms with Crippen LogP contribution < -0.4 is 0 Å². The van der Waals surface area contributed by atoms with Crippen LogP contribution in [-0.4, -0.2) is 37.4 Å². The number of nitro groups is 1. The molecule has 0 saturated heterocycles. The molecule has 16 heavy (non-hydrogen) atoms. The van der Waals surface area contributed by atoms with Crippen LogP contribution in [0.5, 0.6) is 0 Å². The van der Waals surface area contributed by atoms with E-state index in [1.165, 1.54) is 6.20 Å². The first kappa shape index (κ1) is 13.1. The Balaban J connectivity index is 2.57. The molecule has 0 aliphatic carbocycles. The molecule has 0 amide bonds. The summed E-state index contributed by atoms with van der Waals surface area (Å²) in [7, 11) is 0. The molecule has 0 aliphatic heterocycles. The van der Waals surface area contributed by atoms with E-state index in [4.69, 9.17) is 5.11 Å². The minimum Gasteiger partial charge on any atom is -0.396 e. The standard InChI is InChI=1S/C8H12BrN3O4/c9-8-10-7(12(15)16)5-11(8)3-1-6(14)2-4-13/h5-6,13-14H,1-4H2. The highest BCUT2D eigenvalue weighted by molar-refractivity contribution is 9.10. The highest BCUT2D eigenvalue weighted by atomic mass is 79.9. The molecule has 1 atom stereocenters. The van der Waals surface area contributed by atoms with Gasteiger partial charge in [0.15, 0.2) is 0 Å². The largest absolute Gasteiger partial charge is 0.396 e. The van der Waals surface area contributed by atoms with Crippen molar-refractivity contribution >= 4 is 21.7 Å². The van der Waals surface area contributed by atoms with Crippen LogP contribution in [-0.2, 0) is 6.54 Å². The van der Waals surface area contributed by atoms with Crippen LogP contribution in [0.15, 0.2) is 10.9 Å². The van der Waals surface area contributed by atoms with Crippen molar-refractivity contribution in [3.05, 3.63) is 21.0 Å². The molecule has 0 spiro atoms. The van der Waals surface area contributed by atoms with Crippen LogP contribution in [0.4, 0.5) is 5.82 Å². The maximum absolute atomic E-state index is 10.4. The van der Waals surface area contributed by atoms with Gasteiger partial charge in [0.1, 0.15) is 6.20 Å². The number of aliphatic hydroxyl groups is 2. The van der Waals surface area contributed by atoms with Crippen molar-refractivity contribution in [2.75, 3.05) is 6.61 Å². The van der Waals surface area contributed by atoms with Gasteiger partial charge >= 0.3 is 5.82 Å². The molecule has 1 unspecified atom stereocenters. The molecule has 0 radical (unpaired) electrons. The predicted molar refractivity (Wildman–Crippen MR) is 58.9 cm³/mol. The monoisotopic (exact) mass is 293 g/mol. The third-order valence-corrected chi connectivity index (χ3v) is 2.70. The Morgan fingerprint density at radius 2 is 2.31 bits per heavy atom. The molecule has 1 rings (SSSR count). The zero-order valence-corrected chi connectivity index (χ0v) is 10.00. The van der Waals surface area contributed by atoms with Crippen LogP contribution in [0.2, 0.25) is 0 Å². The van der Waals surface area contributed by atoms with Gasteiger partial charge in [-0.1, -0.05) is 0 Å². The summed E-state index contributed by atoms with van der Waals surface area (Å²) in [6.07, 6.45) is 1.40. The predicted octanol–water partition coefficient (Wildman–Crippen LogP) is 0.687. The lowest BCUT2D eigenvalue weighted by molar-refractivity contribution is -0.389. The zero-order valence-electron chi connectivity index (χ0n) is 8.41. The molecule has 0 fully saturated rings. The van der Waals surface area contributed by atoms with Gasteiger partial charge in [0.2, 0.25) is 0 Å². The SMILES string of the molecule is O=[N+]([O-])c1cn(CCC(O)CCO)c(Br)n1. The van der Waals surface area contributed by atoms with Crippen LogP contribution >= 0.6 is 15.9 Å². The normalized spacial score (nSPS) is 12.7. The Kier molecular flexibility index (Phi) is 4.84. The summed E-state index contributed by atoms with van der Waals surface area (Å²) in [5, 5.41) is 28.4. The number of aliphatic hydroxyl groups excluding tert-OH is 2. The number of rotatable bonds is 6. The fraction of sp³-hybridized carbons (Fsp3) is 0.625. The van der Waals surface area contributed by atoms with Crippen molar-refractivity contribution in [1.29, 1.82) is 0 Å². The van der Waals surface area contributed by atoms with Crippen LogP contribution in [0.1, 0.15) is 12.8 Å². The van der Waals surface area contributed by atoms with Gasteiger partial charge in [-0.3, -0.25) is 4.57 Å². The summed E-state index contributed by atoms with van der Waals surface area (Å²) >= 11 is 3.09. The molecule has 1 aromatic heterocycles. The van der Waals surface area contributed by atoms with E-state index in [0.717, 1.165) is 0 Å². The third-order valence-electron chi connectivity index (χ3n) is 2.07. The zero-order chi connectivity index (χ0) is 12.1. The Labute approximate surface area is 100 Å². The van der Waals surface area contributed by atoms with E-state index in [0.29, 0.717) is 24.1 Å². The average Bonchev–Trinajstić information content (AvgIpc) is 2.58. The van der Waals surface area contributed by atoms with Gasteiger partial charge in [0.05, 0.1) is 6.10 Å². The summed E-state index contributed by atoms with van der Waals surface area (Å²) in [6, 6.07) is 0. The first-order chi connectivity index (χ1) is 7.54. The smallest absolute Gasteiger partial charge is 0.382 e. The molecule has 0 aliphatic rings. The van der Waals surface area contributed by atoms with Gasteiger partial charge in [0, 0.05) is 29.1 Å². The fourth-order valence-electron chi connectivity index (χ4n) is 1.21. The molecule has 1 aromatic rings. The summed E-state index contributed by atoms with van der Waals surface area (Å²) < 4.78 is 1.90. The molecule has 2 N–H and O–H groups in total. The summed E-state index contributed by atoms with van der Waals surface area (Å²) in [6.45, 7) is 0.328. The number of aryl methyl sites for hydroxylation is 1. The Bertz CT molecular complexity index is 368. The molecule has 0 bridgehead atoms. The van der Waals surface area contributed by atoms with Crippen LogP contribution in [0.3, 0.4) is 0 Å². The van der Waals surface area contributed by atoms with Gasteiger partial charge in [-0.15, -0.1) is 0 Å². The number of imidazole rings is 1. The lowest BCUT2D eigenvalue weighted by Gasteiger charge is -2.08. The number of hydrogen-bond donors (Lipinski definition) is 2. The number of hydrogen-bond acceptors (Lipinski definition) is 5. The first-order valence-electron chi connectivity index (χ1n) is 4.70. The second kappa shape index (κ2) is 5.92. The minimum absolute atomic E-state index is 0.0770. The van der Waals surface area contributed by atoms with E-state index >= 15 is 0 Å². The molecular formula is C8H12BrN3O4. The lowest BCUT2D eigenvalue weighted by atomic mass is 10.2. The average molecular weight is 294 g/mol. The maximum atomic E-state index is 10.4. The number of aromatic nitrogens is 2. The van der Waals surface area contributed by atoms with Crippen molar-refractivity contribution < 1.29 is 15.1 Å². The maximum Gasteiger partial charge on any atom is 0.382 e. The van der Waals surface area contributed by atoms with Crippen LogP contribution in [0.25, 0.3) is 0 Å². The summed E-state index contributed by atoms with van der Waals surface area (Å²) in [5.74, 6) is -0.233. The number of nitrogens with zero attached hydrogens (tertiary/aromatic N) is 3. The van der Waals surface area contributed by atoms with Crippen molar-refractivity contribution in [1.82, 2.24) is 9.55 Å². The van der Waals surface area contributed by atoms with Gasteiger partial charge in [-0.05, 0) is 22.7 Å². The minimum atomic E-state index is -0.613. The topological polar surface area (TPSA) is 101 Å². The van der Waals surface area contributed by atoms with E-state index in [1.54, 1.807) is 4.57 Å². The Morgan fingerprint density at radius 3 is 2.81 bits per heavy atom. The summed E-state index contributed by atoms with van der Waals surface area (Å²) in [4.78, 5) is 13.5. The molecule has 0 saturated carbocycles. The second-order valence-electron chi connectivity index (χ2n) is 3.27. The highest BCUT2D eigenvalue weighted by Crippen LogP contribution is 2.17. The molecule has 0 aromatic carbocycles. The van der Waals surface area contributed by atoms with Crippen molar-refractivity contribution in [3.8, 4) is 0 Å². The molecule has 1 heterocycles. The Hall–Kier alpha value is -0.990. The quantitative estimate of drug-likeness (QED) is 0.593. The van der Waals surface area contributed by atoms with Gasteiger partial charge in [-0.2, -0.15) is 0 Å². The Morgan fingerprint density at radius 1 is 1.62 bits per heavy atom. The van der Waals surface area contributed by atoms with E-state index in [9.17, 15) is 15.2 Å². The van der Waals surface area contributed by atoms with Gasteiger partial charge in [-0.25, -0.2) is 0 Å². The van der Waals surface area contributed by atoms with Crippen molar-refractivity contribution in [2.24, 2.45) is 0 Å². The van der Waals surface area contributed by atoms with E-state index < -0.39 is 11.0 Å². The molecule has 7 nitrogen and oxygen atoms in total. The summed E-state index contributed by atoms with van der Waals surface area (Å²) in [5.41, 5.74) is 0. The fourth-order valence-corrected chi connectivity index (χ4v) is 1.67. The molecular weight excluding hydrogens is 282 g/mol. The third kappa shape index (κ3) is 3.54. The van der Waals surface area contributed by atoms with Crippen molar-refractivity contribution in [2.45, 2.75) is 25.5 Å². The van der Waals surface area contributed by atoms with Gasteiger partial charge in [0.25, 0.3) is 4.73 Å². The van der Waals surface area contributed by atoms with Crippen LogP contribution in [0, 0.1) is 10.1 Å². The second-order valence-corrected chi connectivity index (χ2v) is 3.98. The van der Waals surface area contributed by atoms with E-state index in [-0.39, 0.29) is 12.4 Å². The first-order valence-corrected chi connectivity index (χ1v) is 5.50. The molecule has 90 valence electrons. The lowest BCUT2D eigenvalue weighted by Crippen LogP contribution is -2.12.